The highest BCUT2D eigenvalue weighted by atomic mass is 32.2. The average Bonchev–Trinajstić information content (AvgIpc) is 2.68. The molecule has 2 saturated heterocycles. The topological polar surface area (TPSA) is 74.1 Å². The lowest BCUT2D eigenvalue weighted by atomic mass is 9.88. The number of rotatable bonds is 1. The first-order valence-corrected chi connectivity index (χ1v) is 6.57. The Labute approximate surface area is 112 Å². The fourth-order valence-electron chi connectivity index (χ4n) is 2.15. The average molecular weight is 300 g/mol. The molecule has 0 amide bonds. The van der Waals surface area contributed by atoms with Gasteiger partial charge in [-0.15, -0.1) is 0 Å². The van der Waals surface area contributed by atoms with E-state index in [1.165, 1.54) is 0 Å². The Morgan fingerprint density at radius 2 is 2.11 bits per heavy atom. The standard InChI is InChI=1S/C10H15F3N2O3S/c1-9(17,10(11,12)13)6-5(16)3-4-7(18-6)19-8(14-2)15-4/h4-7,16-17H,3H2,1-2H3,(H,14,15). The third kappa shape index (κ3) is 2.56. The second-order valence-corrected chi connectivity index (χ2v) is 5.86. The first-order valence-electron chi connectivity index (χ1n) is 5.69. The van der Waals surface area contributed by atoms with Gasteiger partial charge in [-0.05, 0) is 13.3 Å². The van der Waals surface area contributed by atoms with Gasteiger partial charge in [0.15, 0.2) is 10.8 Å². The van der Waals surface area contributed by atoms with E-state index in [1.54, 1.807) is 7.05 Å². The lowest BCUT2D eigenvalue weighted by Gasteiger charge is -2.42. The van der Waals surface area contributed by atoms with Crippen LogP contribution in [-0.2, 0) is 4.74 Å². The van der Waals surface area contributed by atoms with Gasteiger partial charge in [0.05, 0.1) is 12.1 Å². The third-order valence-corrected chi connectivity index (χ3v) is 4.52. The molecule has 9 heteroatoms. The minimum atomic E-state index is -4.87. The van der Waals surface area contributed by atoms with Crippen LogP contribution < -0.4 is 5.32 Å². The second-order valence-electron chi connectivity index (χ2n) is 4.77. The molecule has 2 fully saturated rings. The van der Waals surface area contributed by atoms with Crippen LogP contribution in [0.25, 0.3) is 0 Å². The molecule has 19 heavy (non-hydrogen) atoms. The fourth-order valence-corrected chi connectivity index (χ4v) is 3.21. The lowest BCUT2D eigenvalue weighted by Crippen LogP contribution is -2.62. The quantitative estimate of drug-likeness (QED) is 0.656. The molecule has 0 radical (unpaired) electrons. The number of hydrogen-bond acceptors (Lipinski definition) is 5. The molecule has 0 saturated carbocycles. The summed E-state index contributed by atoms with van der Waals surface area (Å²) >= 11 is 1.15. The molecule has 5 unspecified atom stereocenters. The van der Waals surface area contributed by atoms with E-state index in [2.05, 4.69) is 10.3 Å². The maximum atomic E-state index is 12.8. The van der Waals surface area contributed by atoms with Crippen molar-refractivity contribution in [2.24, 2.45) is 4.99 Å². The number of fused-ring (bicyclic) bond motifs is 1. The molecule has 2 aliphatic heterocycles. The van der Waals surface area contributed by atoms with Crippen molar-refractivity contribution in [3.63, 3.8) is 0 Å². The number of ether oxygens (including phenoxy) is 1. The van der Waals surface area contributed by atoms with Crippen molar-refractivity contribution < 1.29 is 28.1 Å². The molecule has 2 aliphatic rings. The minimum Gasteiger partial charge on any atom is -0.390 e. The Kier molecular flexibility index (Phi) is 3.76. The van der Waals surface area contributed by atoms with Gasteiger partial charge in [-0.25, -0.2) is 0 Å². The van der Waals surface area contributed by atoms with Crippen molar-refractivity contribution in [2.75, 3.05) is 7.05 Å². The Bertz CT molecular complexity index is 389. The van der Waals surface area contributed by atoms with Gasteiger partial charge in [0.25, 0.3) is 0 Å². The maximum Gasteiger partial charge on any atom is 0.419 e. The molecule has 0 aromatic carbocycles. The molecule has 0 aliphatic carbocycles. The van der Waals surface area contributed by atoms with Crippen molar-refractivity contribution in [3.05, 3.63) is 0 Å². The van der Waals surface area contributed by atoms with Gasteiger partial charge in [-0.1, -0.05) is 11.8 Å². The fraction of sp³-hybridized carbons (Fsp3) is 0.900. The molecule has 110 valence electrons. The van der Waals surface area contributed by atoms with Gasteiger partial charge in [-0.3, -0.25) is 4.99 Å². The summed E-state index contributed by atoms with van der Waals surface area (Å²) in [6.07, 6.45) is -7.92. The third-order valence-electron chi connectivity index (χ3n) is 3.32. The van der Waals surface area contributed by atoms with E-state index < -0.39 is 29.4 Å². The highest BCUT2D eigenvalue weighted by Crippen LogP contribution is 2.42. The summed E-state index contributed by atoms with van der Waals surface area (Å²) in [4.78, 5) is 3.89. The smallest absolute Gasteiger partial charge is 0.390 e. The number of amidine groups is 1. The van der Waals surface area contributed by atoms with Gasteiger partial charge in [0.1, 0.15) is 11.5 Å². The number of nitrogens with one attached hydrogen (secondary N) is 1. The number of alkyl halides is 3. The first-order chi connectivity index (χ1) is 8.66. The summed E-state index contributed by atoms with van der Waals surface area (Å²) in [5.74, 6) is 0. The van der Waals surface area contributed by atoms with E-state index in [9.17, 15) is 23.4 Å². The van der Waals surface area contributed by atoms with E-state index in [0.717, 1.165) is 11.8 Å². The van der Waals surface area contributed by atoms with Crippen LogP contribution in [0.3, 0.4) is 0 Å². The van der Waals surface area contributed by atoms with E-state index in [1.807, 2.05) is 0 Å². The summed E-state index contributed by atoms with van der Waals surface area (Å²) in [6.45, 7) is 0.614. The Balaban J connectivity index is 2.17. The zero-order valence-corrected chi connectivity index (χ0v) is 11.1. The van der Waals surface area contributed by atoms with Crippen molar-refractivity contribution in [1.82, 2.24) is 5.32 Å². The molecule has 0 bridgehead atoms. The summed E-state index contributed by atoms with van der Waals surface area (Å²) in [6, 6.07) is -0.306. The Morgan fingerprint density at radius 3 is 2.63 bits per heavy atom. The van der Waals surface area contributed by atoms with Crippen molar-refractivity contribution in [2.45, 2.75) is 48.8 Å². The van der Waals surface area contributed by atoms with Gasteiger partial charge in [0.2, 0.25) is 0 Å². The lowest BCUT2D eigenvalue weighted by molar-refractivity contribution is -0.309. The Morgan fingerprint density at radius 1 is 1.47 bits per heavy atom. The van der Waals surface area contributed by atoms with Crippen LogP contribution in [0.1, 0.15) is 13.3 Å². The van der Waals surface area contributed by atoms with Crippen molar-refractivity contribution in [3.8, 4) is 0 Å². The number of halogens is 3. The van der Waals surface area contributed by atoms with Crippen molar-refractivity contribution in [1.29, 1.82) is 0 Å². The van der Waals surface area contributed by atoms with E-state index >= 15 is 0 Å². The second kappa shape index (κ2) is 4.80. The van der Waals surface area contributed by atoms with Crippen LogP contribution >= 0.6 is 11.8 Å². The highest BCUT2D eigenvalue weighted by molar-refractivity contribution is 8.14. The van der Waals surface area contributed by atoms with Crippen molar-refractivity contribution >= 4 is 16.9 Å². The molecular weight excluding hydrogens is 285 g/mol. The van der Waals surface area contributed by atoms with Gasteiger partial charge in [0, 0.05) is 7.05 Å². The van der Waals surface area contributed by atoms with Crippen LogP contribution in [0.15, 0.2) is 4.99 Å². The molecule has 5 atom stereocenters. The van der Waals surface area contributed by atoms with Crippen LogP contribution in [-0.4, -0.2) is 57.9 Å². The molecule has 0 aromatic heterocycles. The first kappa shape index (κ1) is 14.9. The van der Waals surface area contributed by atoms with Gasteiger partial charge < -0.3 is 20.3 Å². The summed E-state index contributed by atoms with van der Waals surface area (Å²) in [5.41, 5.74) is -3.69. The van der Waals surface area contributed by atoms with Crippen LogP contribution in [0.5, 0.6) is 0 Å². The van der Waals surface area contributed by atoms with Gasteiger partial charge in [-0.2, -0.15) is 13.2 Å². The van der Waals surface area contributed by atoms with E-state index in [4.69, 9.17) is 4.74 Å². The van der Waals surface area contributed by atoms with E-state index in [-0.39, 0.29) is 12.5 Å². The van der Waals surface area contributed by atoms with Crippen LogP contribution in [0.2, 0.25) is 0 Å². The minimum absolute atomic E-state index is 0.0631. The highest BCUT2D eigenvalue weighted by Gasteiger charge is 2.60. The molecule has 5 nitrogen and oxygen atoms in total. The molecule has 3 N–H and O–H groups in total. The summed E-state index contributed by atoms with van der Waals surface area (Å²) in [7, 11) is 1.55. The molecule has 0 spiro atoms. The number of aliphatic hydroxyl groups excluding tert-OH is 1. The zero-order valence-electron chi connectivity index (χ0n) is 10.3. The summed E-state index contributed by atoms with van der Waals surface area (Å²) in [5, 5.41) is 22.9. The number of aliphatic imine (C=N–C) groups is 1. The molecule has 0 aromatic rings. The van der Waals surface area contributed by atoms with Crippen LogP contribution in [0, 0.1) is 0 Å². The van der Waals surface area contributed by atoms with Gasteiger partial charge >= 0.3 is 6.18 Å². The summed E-state index contributed by atoms with van der Waals surface area (Å²) < 4.78 is 43.6. The predicted molar refractivity (Wildman–Crippen MR) is 63.8 cm³/mol. The number of hydrogen-bond donors (Lipinski definition) is 3. The number of nitrogens with zero attached hydrogens (tertiary/aromatic N) is 1. The maximum absolute atomic E-state index is 12.8. The predicted octanol–water partition coefficient (Wildman–Crippen LogP) is 0.466. The zero-order chi connectivity index (χ0) is 14.4. The Hall–Kier alpha value is -0.510. The number of aliphatic hydroxyl groups is 2. The molecule has 2 rings (SSSR count). The SMILES string of the molecule is CN=C1NC2CC(O)C(C(C)(O)C(F)(F)F)OC2S1. The largest absolute Gasteiger partial charge is 0.419 e. The molecular formula is C10H15F3N2O3S. The van der Waals surface area contributed by atoms with Crippen LogP contribution in [0.4, 0.5) is 13.2 Å². The monoisotopic (exact) mass is 300 g/mol. The molecule has 2 heterocycles. The normalized spacial score (nSPS) is 40.7. The van der Waals surface area contributed by atoms with E-state index in [0.29, 0.717) is 12.1 Å². The number of thioether (sulfide) groups is 1.